The molecule has 0 fully saturated rings. The third kappa shape index (κ3) is 7.82. The molecule has 0 atom stereocenters. The SMILES string of the molecule is Cc1cc(C)cc(OCCC(=O)NCC(F)(F)CN)c1.Cl. The number of nitrogens with one attached hydrogen (secondary N) is 1. The minimum Gasteiger partial charge on any atom is -0.493 e. The van der Waals surface area contributed by atoms with E-state index in [1.807, 2.05) is 32.0 Å². The van der Waals surface area contributed by atoms with Crippen molar-refractivity contribution in [2.75, 3.05) is 19.7 Å². The van der Waals surface area contributed by atoms with Crippen molar-refractivity contribution in [2.45, 2.75) is 26.2 Å². The Balaban J connectivity index is 0.00000400. The molecule has 0 saturated heterocycles. The molecule has 0 unspecified atom stereocenters. The van der Waals surface area contributed by atoms with Crippen LogP contribution in [0.25, 0.3) is 0 Å². The van der Waals surface area contributed by atoms with Crippen LogP contribution in [0.3, 0.4) is 0 Å². The molecule has 7 heteroatoms. The molecule has 0 bridgehead atoms. The first kappa shape index (κ1) is 19.6. The van der Waals surface area contributed by atoms with Gasteiger partial charge in [-0.05, 0) is 37.1 Å². The standard InChI is InChI=1S/C14H20F2N2O2.ClH/c1-10-5-11(2)7-12(6-10)20-4-3-13(19)18-9-14(15,16)8-17;/h5-7H,3-4,8-9,17H2,1-2H3,(H,18,19);1H. The van der Waals surface area contributed by atoms with E-state index in [4.69, 9.17) is 10.5 Å². The average molecular weight is 323 g/mol. The summed E-state index contributed by atoms with van der Waals surface area (Å²) in [5.41, 5.74) is 7.00. The Morgan fingerprint density at radius 3 is 2.38 bits per heavy atom. The summed E-state index contributed by atoms with van der Waals surface area (Å²) < 4.78 is 31.1. The highest BCUT2D eigenvalue weighted by Gasteiger charge is 2.26. The van der Waals surface area contributed by atoms with Crippen molar-refractivity contribution >= 4 is 18.3 Å². The van der Waals surface area contributed by atoms with Gasteiger partial charge in [-0.25, -0.2) is 8.78 Å². The van der Waals surface area contributed by atoms with Gasteiger partial charge in [0, 0.05) is 0 Å². The van der Waals surface area contributed by atoms with E-state index in [-0.39, 0.29) is 25.4 Å². The molecule has 0 saturated carbocycles. The Hall–Kier alpha value is -1.40. The molecule has 120 valence electrons. The predicted molar refractivity (Wildman–Crippen MR) is 80.3 cm³/mol. The number of hydrogen-bond donors (Lipinski definition) is 2. The first-order chi connectivity index (χ1) is 9.32. The molecule has 0 aromatic heterocycles. The van der Waals surface area contributed by atoms with E-state index in [9.17, 15) is 13.6 Å². The molecule has 0 aliphatic rings. The fourth-order valence-corrected chi connectivity index (χ4v) is 1.67. The molecule has 1 aromatic rings. The average Bonchev–Trinajstić information content (AvgIpc) is 2.35. The van der Waals surface area contributed by atoms with E-state index in [0.29, 0.717) is 5.75 Å². The molecule has 0 aliphatic carbocycles. The van der Waals surface area contributed by atoms with Gasteiger partial charge in [0.1, 0.15) is 5.75 Å². The molecule has 1 amide bonds. The number of hydrogen-bond acceptors (Lipinski definition) is 3. The summed E-state index contributed by atoms with van der Waals surface area (Å²) in [4.78, 5) is 11.4. The van der Waals surface area contributed by atoms with Crippen LogP contribution in [-0.4, -0.2) is 31.5 Å². The van der Waals surface area contributed by atoms with Gasteiger partial charge >= 0.3 is 0 Å². The van der Waals surface area contributed by atoms with Gasteiger partial charge in [-0.15, -0.1) is 12.4 Å². The summed E-state index contributed by atoms with van der Waals surface area (Å²) in [7, 11) is 0. The lowest BCUT2D eigenvalue weighted by molar-refractivity contribution is -0.123. The monoisotopic (exact) mass is 322 g/mol. The largest absolute Gasteiger partial charge is 0.493 e. The normalized spacial score (nSPS) is 10.7. The summed E-state index contributed by atoms with van der Waals surface area (Å²) in [6.45, 7) is 2.50. The Bertz CT molecular complexity index is 450. The minimum absolute atomic E-state index is 0. The number of aryl methyl sites for hydroxylation is 2. The van der Waals surface area contributed by atoms with Gasteiger partial charge in [0.15, 0.2) is 0 Å². The van der Waals surface area contributed by atoms with Crippen LogP contribution in [0.15, 0.2) is 18.2 Å². The van der Waals surface area contributed by atoms with Crippen molar-refractivity contribution in [3.63, 3.8) is 0 Å². The maximum atomic E-state index is 12.8. The van der Waals surface area contributed by atoms with Gasteiger partial charge in [-0.1, -0.05) is 6.07 Å². The second-order valence-electron chi connectivity index (χ2n) is 4.76. The number of halogens is 3. The van der Waals surface area contributed by atoms with Gasteiger partial charge in [0.05, 0.1) is 26.1 Å². The summed E-state index contributed by atoms with van der Waals surface area (Å²) in [6.07, 6.45) is 0.0215. The number of nitrogens with two attached hydrogens (primary N) is 1. The Labute approximate surface area is 129 Å². The van der Waals surface area contributed by atoms with Crippen LogP contribution in [0, 0.1) is 13.8 Å². The van der Waals surface area contributed by atoms with Crippen molar-refractivity contribution in [3.8, 4) is 5.75 Å². The van der Waals surface area contributed by atoms with Crippen molar-refractivity contribution in [3.05, 3.63) is 29.3 Å². The highest BCUT2D eigenvalue weighted by molar-refractivity contribution is 5.85. The van der Waals surface area contributed by atoms with Crippen LogP contribution in [0.4, 0.5) is 8.78 Å². The Kier molecular flexibility index (Phi) is 8.21. The molecule has 1 aromatic carbocycles. The number of carbonyl (C=O) groups excluding carboxylic acids is 1. The highest BCUT2D eigenvalue weighted by atomic mass is 35.5. The van der Waals surface area contributed by atoms with Crippen LogP contribution in [0.5, 0.6) is 5.75 Å². The summed E-state index contributed by atoms with van der Waals surface area (Å²) in [6, 6.07) is 5.72. The second-order valence-corrected chi connectivity index (χ2v) is 4.76. The zero-order chi connectivity index (χ0) is 15.2. The first-order valence-electron chi connectivity index (χ1n) is 6.38. The van der Waals surface area contributed by atoms with Crippen LogP contribution in [0.1, 0.15) is 17.5 Å². The number of alkyl halides is 2. The number of carbonyl (C=O) groups is 1. The number of rotatable bonds is 7. The third-order valence-corrected chi connectivity index (χ3v) is 2.64. The second kappa shape index (κ2) is 8.79. The fourth-order valence-electron chi connectivity index (χ4n) is 1.67. The lowest BCUT2D eigenvalue weighted by Crippen LogP contribution is -2.41. The maximum Gasteiger partial charge on any atom is 0.277 e. The summed E-state index contributed by atoms with van der Waals surface area (Å²) in [5.74, 6) is -2.88. The van der Waals surface area contributed by atoms with E-state index in [0.717, 1.165) is 11.1 Å². The van der Waals surface area contributed by atoms with E-state index in [1.54, 1.807) is 0 Å². The molecule has 3 N–H and O–H groups in total. The smallest absolute Gasteiger partial charge is 0.277 e. The van der Waals surface area contributed by atoms with Crippen molar-refractivity contribution < 1.29 is 18.3 Å². The molecule has 0 radical (unpaired) electrons. The zero-order valence-corrected chi connectivity index (χ0v) is 12.9. The highest BCUT2D eigenvalue weighted by Crippen LogP contribution is 2.16. The maximum absolute atomic E-state index is 12.8. The number of benzene rings is 1. The molecular weight excluding hydrogens is 302 g/mol. The van der Waals surface area contributed by atoms with E-state index in [1.165, 1.54) is 0 Å². The van der Waals surface area contributed by atoms with Crippen molar-refractivity contribution in [2.24, 2.45) is 5.73 Å². The number of ether oxygens (including phenoxy) is 1. The zero-order valence-electron chi connectivity index (χ0n) is 12.1. The third-order valence-electron chi connectivity index (χ3n) is 2.64. The van der Waals surface area contributed by atoms with Gasteiger partial charge in [-0.3, -0.25) is 4.79 Å². The van der Waals surface area contributed by atoms with Gasteiger partial charge < -0.3 is 15.8 Å². The summed E-state index contributed by atoms with van der Waals surface area (Å²) in [5, 5.41) is 2.13. The lowest BCUT2D eigenvalue weighted by atomic mass is 10.1. The fraction of sp³-hybridized carbons (Fsp3) is 0.500. The van der Waals surface area contributed by atoms with Crippen LogP contribution < -0.4 is 15.8 Å². The molecule has 0 heterocycles. The van der Waals surface area contributed by atoms with E-state index in [2.05, 4.69) is 5.32 Å². The molecule has 0 aliphatic heterocycles. The molecular formula is C14H21ClF2N2O2. The van der Waals surface area contributed by atoms with Crippen LogP contribution >= 0.6 is 12.4 Å². The first-order valence-corrected chi connectivity index (χ1v) is 6.38. The molecule has 4 nitrogen and oxygen atoms in total. The Morgan fingerprint density at radius 2 is 1.86 bits per heavy atom. The van der Waals surface area contributed by atoms with Crippen molar-refractivity contribution in [1.82, 2.24) is 5.32 Å². The topological polar surface area (TPSA) is 64.3 Å². The predicted octanol–water partition coefficient (Wildman–Crippen LogP) is 2.20. The van der Waals surface area contributed by atoms with Gasteiger partial charge in [0.2, 0.25) is 5.91 Å². The van der Waals surface area contributed by atoms with Crippen LogP contribution in [-0.2, 0) is 4.79 Å². The quantitative estimate of drug-likeness (QED) is 0.809. The summed E-state index contributed by atoms with van der Waals surface area (Å²) >= 11 is 0. The van der Waals surface area contributed by atoms with E-state index < -0.39 is 24.9 Å². The van der Waals surface area contributed by atoms with Gasteiger partial charge in [0.25, 0.3) is 5.92 Å². The molecule has 21 heavy (non-hydrogen) atoms. The molecule has 0 spiro atoms. The minimum atomic E-state index is -3.07. The number of amides is 1. The Morgan fingerprint density at radius 1 is 1.29 bits per heavy atom. The lowest BCUT2D eigenvalue weighted by Gasteiger charge is -2.14. The van der Waals surface area contributed by atoms with Crippen LogP contribution in [0.2, 0.25) is 0 Å². The van der Waals surface area contributed by atoms with Crippen molar-refractivity contribution in [1.29, 1.82) is 0 Å². The molecule has 1 rings (SSSR count). The van der Waals surface area contributed by atoms with Gasteiger partial charge in [-0.2, -0.15) is 0 Å². The van der Waals surface area contributed by atoms with E-state index >= 15 is 0 Å².